The smallest absolute Gasteiger partial charge is 0.239 e. The first-order valence-corrected chi connectivity index (χ1v) is 8.20. The van der Waals surface area contributed by atoms with Gasteiger partial charge in [-0.15, -0.1) is 0 Å². The van der Waals surface area contributed by atoms with Crippen molar-refractivity contribution in [2.24, 2.45) is 11.7 Å². The molecule has 5 heteroatoms. The molecule has 5 nitrogen and oxygen atoms in total. The highest BCUT2D eigenvalue weighted by Crippen LogP contribution is 2.17. The molecule has 1 fully saturated rings. The summed E-state index contributed by atoms with van der Waals surface area (Å²) in [6, 6.07) is -0.00122. The number of nitrogens with zero attached hydrogens (tertiary/aromatic N) is 3. The van der Waals surface area contributed by atoms with E-state index in [1.807, 2.05) is 14.1 Å². The van der Waals surface area contributed by atoms with Crippen molar-refractivity contribution in [3.05, 3.63) is 0 Å². The summed E-state index contributed by atoms with van der Waals surface area (Å²) in [5.74, 6) is 0.595. The molecule has 0 spiro atoms. The summed E-state index contributed by atoms with van der Waals surface area (Å²) in [6.07, 6.45) is 2.89. The summed E-state index contributed by atoms with van der Waals surface area (Å²) in [4.78, 5) is 19.3. The van der Waals surface area contributed by atoms with Crippen LogP contribution in [0.1, 0.15) is 33.1 Å². The molecule has 0 bridgehead atoms. The number of carbonyl (C=O) groups excluding carboxylic acids is 1. The number of rotatable bonds is 7. The van der Waals surface area contributed by atoms with Gasteiger partial charge < -0.3 is 20.4 Å². The van der Waals surface area contributed by atoms with E-state index in [1.54, 1.807) is 0 Å². The minimum atomic E-state index is -0.355. The van der Waals surface area contributed by atoms with Crippen molar-refractivity contribution in [3.8, 4) is 0 Å². The molecule has 1 aliphatic heterocycles. The van der Waals surface area contributed by atoms with Crippen LogP contribution in [0.15, 0.2) is 0 Å². The maximum Gasteiger partial charge on any atom is 0.239 e. The first-order chi connectivity index (χ1) is 9.81. The molecule has 2 N–H and O–H groups in total. The number of nitrogens with two attached hydrogens (primary N) is 1. The van der Waals surface area contributed by atoms with E-state index in [0.29, 0.717) is 12.0 Å². The molecule has 1 saturated heterocycles. The fourth-order valence-corrected chi connectivity index (χ4v) is 2.91. The second-order valence-corrected chi connectivity index (χ2v) is 7.11. The first-order valence-electron chi connectivity index (χ1n) is 8.20. The molecule has 0 aromatic rings. The number of hydrogen-bond donors (Lipinski definition) is 1. The van der Waals surface area contributed by atoms with Gasteiger partial charge in [-0.05, 0) is 59.4 Å². The Morgan fingerprint density at radius 1 is 1.24 bits per heavy atom. The molecule has 0 radical (unpaired) electrons. The van der Waals surface area contributed by atoms with Gasteiger partial charge in [-0.2, -0.15) is 0 Å². The van der Waals surface area contributed by atoms with Crippen LogP contribution >= 0.6 is 0 Å². The van der Waals surface area contributed by atoms with Crippen LogP contribution in [-0.2, 0) is 4.79 Å². The van der Waals surface area contributed by atoms with Crippen LogP contribution in [0.5, 0.6) is 0 Å². The highest BCUT2D eigenvalue weighted by Gasteiger charge is 2.29. The summed E-state index contributed by atoms with van der Waals surface area (Å²) in [5.41, 5.74) is 6.14. The number of carbonyl (C=O) groups is 1. The minimum absolute atomic E-state index is 0.139. The second-order valence-electron chi connectivity index (χ2n) is 7.11. The summed E-state index contributed by atoms with van der Waals surface area (Å²) < 4.78 is 0. The zero-order chi connectivity index (χ0) is 16.0. The monoisotopic (exact) mass is 298 g/mol. The Kier molecular flexibility index (Phi) is 7.63. The number of hydrogen-bond acceptors (Lipinski definition) is 4. The molecule has 1 rings (SSSR count). The summed E-state index contributed by atoms with van der Waals surface area (Å²) >= 11 is 0. The van der Waals surface area contributed by atoms with E-state index in [0.717, 1.165) is 45.4 Å². The summed E-state index contributed by atoms with van der Waals surface area (Å²) in [6.45, 7) is 8.05. The second kappa shape index (κ2) is 8.71. The third kappa shape index (κ3) is 6.32. The van der Waals surface area contributed by atoms with Crippen molar-refractivity contribution < 1.29 is 4.79 Å². The Hall–Kier alpha value is -0.650. The van der Waals surface area contributed by atoms with Crippen molar-refractivity contribution in [2.45, 2.75) is 45.2 Å². The molecule has 0 aromatic carbocycles. The van der Waals surface area contributed by atoms with Crippen LogP contribution in [-0.4, -0.2) is 80.0 Å². The Morgan fingerprint density at radius 3 is 2.29 bits per heavy atom. The predicted molar refractivity (Wildman–Crippen MR) is 88.2 cm³/mol. The molecule has 1 heterocycles. The highest BCUT2D eigenvalue weighted by atomic mass is 16.2. The van der Waals surface area contributed by atoms with Crippen LogP contribution in [0, 0.1) is 5.92 Å². The maximum absolute atomic E-state index is 12.7. The molecule has 0 saturated carbocycles. The standard InChI is InChI=1S/C16H34N4O/c1-13(2)12-15(17)16(21)20(11-10-18(3)4)14-6-8-19(5)9-7-14/h13-15H,6-12,17H2,1-5H3/t15-/m0/s1. The van der Waals surface area contributed by atoms with E-state index >= 15 is 0 Å². The first kappa shape index (κ1) is 18.4. The average Bonchev–Trinajstić information content (AvgIpc) is 2.39. The quantitative estimate of drug-likeness (QED) is 0.757. The summed E-state index contributed by atoms with van der Waals surface area (Å²) in [7, 11) is 6.24. The van der Waals surface area contributed by atoms with Gasteiger partial charge in [0.2, 0.25) is 5.91 Å². The molecule has 1 amide bonds. The lowest BCUT2D eigenvalue weighted by molar-refractivity contribution is -0.136. The fraction of sp³-hybridized carbons (Fsp3) is 0.938. The lowest BCUT2D eigenvalue weighted by Crippen LogP contribution is -2.53. The lowest BCUT2D eigenvalue weighted by atomic mass is 9.99. The van der Waals surface area contributed by atoms with Crippen molar-refractivity contribution in [2.75, 3.05) is 47.3 Å². The van der Waals surface area contributed by atoms with Crippen LogP contribution in [0.2, 0.25) is 0 Å². The number of piperidine rings is 1. The Bertz CT molecular complexity index is 311. The van der Waals surface area contributed by atoms with Crippen LogP contribution in [0.4, 0.5) is 0 Å². The van der Waals surface area contributed by atoms with Gasteiger partial charge in [0.25, 0.3) is 0 Å². The molecule has 1 aliphatic rings. The topological polar surface area (TPSA) is 52.8 Å². The molecule has 21 heavy (non-hydrogen) atoms. The van der Waals surface area contributed by atoms with Gasteiger partial charge in [-0.1, -0.05) is 13.8 Å². The summed E-state index contributed by atoms with van der Waals surface area (Å²) in [5, 5.41) is 0. The molecule has 0 aromatic heterocycles. The van der Waals surface area contributed by atoms with Gasteiger partial charge in [-0.25, -0.2) is 0 Å². The minimum Gasteiger partial charge on any atom is -0.337 e. The normalized spacial score (nSPS) is 19.2. The van der Waals surface area contributed by atoms with Crippen LogP contribution in [0.3, 0.4) is 0 Å². The number of likely N-dealkylation sites (tertiary alicyclic amines) is 1. The number of amides is 1. The van der Waals surface area contributed by atoms with E-state index in [9.17, 15) is 4.79 Å². The van der Waals surface area contributed by atoms with Crippen LogP contribution in [0.25, 0.3) is 0 Å². The van der Waals surface area contributed by atoms with Crippen molar-refractivity contribution in [1.29, 1.82) is 0 Å². The molecule has 1 atom stereocenters. The number of likely N-dealkylation sites (N-methyl/N-ethyl adjacent to an activating group) is 1. The third-order valence-corrected chi connectivity index (χ3v) is 4.24. The zero-order valence-electron chi connectivity index (χ0n) is 14.5. The van der Waals surface area contributed by atoms with Gasteiger partial charge in [-0.3, -0.25) is 4.79 Å². The molecular formula is C16H34N4O. The highest BCUT2D eigenvalue weighted by molar-refractivity contribution is 5.82. The van der Waals surface area contributed by atoms with E-state index in [-0.39, 0.29) is 11.9 Å². The molecular weight excluding hydrogens is 264 g/mol. The van der Waals surface area contributed by atoms with Gasteiger partial charge in [0.15, 0.2) is 0 Å². The third-order valence-electron chi connectivity index (χ3n) is 4.24. The molecule has 124 valence electrons. The van der Waals surface area contributed by atoms with Crippen molar-refractivity contribution in [3.63, 3.8) is 0 Å². The molecule has 0 unspecified atom stereocenters. The van der Waals surface area contributed by atoms with Crippen molar-refractivity contribution >= 4 is 5.91 Å². The predicted octanol–water partition coefficient (Wildman–Crippen LogP) is 0.844. The average molecular weight is 298 g/mol. The van der Waals surface area contributed by atoms with E-state index in [4.69, 9.17) is 5.73 Å². The maximum atomic E-state index is 12.7. The lowest BCUT2D eigenvalue weighted by Gasteiger charge is -2.39. The van der Waals surface area contributed by atoms with Gasteiger partial charge in [0, 0.05) is 19.1 Å². The Morgan fingerprint density at radius 2 is 1.81 bits per heavy atom. The largest absolute Gasteiger partial charge is 0.337 e. The van der Waals surface area contributed by atoms with E-state index in [2.05, 4.69) is 35.6 Å². The SMILES string of the molecule is CC(C)C[C@H](N)C(=O)N(CCN(C)C)C1CCN(C)CC1. The van der Waals surface area contributed by atoms with Gasteiger partial charge in [0.1, 0.15) is 0 Å². The fourth-order valence-electron chi connectivity index (χ4n) is 2.91. The van der Waals surface area contributed by atoms with Gasteiger partial charge >= 0.3 is 0 Å². The Labute approximate surface area is 130 Å². The zero-order valence-corrected chi connectivity index (χ0v) is 14.5. The van der Waals surface area contributed by atoms with Gasteiger partial charge in [0.05, 0.1) is 6.04 Å². The van der Waals surface area contributed by atoms with Crippen molar-refractivity contribution in [1.82, 2.24) is 14.7 Å². The Balaban J connectivity index is 2.68. The van der Waals surface area contributed by atoms with Crippen LogP contribution < -0.4 is 5.73 Å². The van der Waals surface area contributed by atoms with E-state index in [1.165, 1.54) is 0 Å². The molecule has 0 aliphatic carbocycles. The van der Waals surface area contributed by atoms with E-state index < -0.39 is 0 Å².